The van der Waals surface area contributed by atoms with E-state index in [9.17, 15) is 4.79 Å². The fourth-order valence-corrected chi connectivity index (χ4v) is 2.10. The fourth-order valence-electron chi connectivity index (χ4n) is 2.10. The van der Waals surface area contributed by atoms with E-state index in [2.05, 4.69) is 9.97 Å². The summed E-state index contributed by atoms with van der Waals surface area (Å²) in [6.07, 6.45) is 3.41. The summed E-state index contributed by atoms with van der Waals surface area (Å²) in [4.78, 5) is 22.1. The van der Waals surface area contributed by atoms with Crippen molar-refractivity contribution in [1.82, 2.24) is 9.97 Å². The van der Waals surface area contributed by atoms with Crippen LogP contribution in [0.25, 0.3) is 0 Å². The van der Waals surface area contributed by atoms with Crippen LogP contribution < -0.4 is 15.4 Å². The molecule has 0 unspecified atom stereocenters. The Hall–Kier alpha value is -2.63. The number of fused-ring (bicyclic) bond motifs is 1. The number of ether oxygens (including phenoxy) is 1. The molecule has 1 aliphatic rings. The molecule has 1 aliphatic heterocycles. The number of amides is 1. The number of aromatic nitrogens is 2. The summed E-state index contributed by atoms with van der Waals surface area (Å²) in [6, 6.07) is 7.48. The summed E-state index contributed by atoms with van der Waals surface area (Å²) in [5, 5.41) is 0. The Morgan fingerprint density at radius 2 is 2.10 bits per heavy atom. The van der Waals surface area contributed by atoms with Crippen molar-refractivity contribution in [2.75, 3.05) is 17.2 Å². The first-order valence-electron chi connectivity index (χ1n) is 6.32. The highest BCUT2D eigenvalue weighted by molar-refractivity contribution is 5.95. The van der Waals surface area contributed by atoms with Gasteiger partial charge >= 0.3 is 0 Å². The molecule has 2 N–H and O–H groups in total. The monoisotopic (exact) mass is 270 g/mol. The molecule has 0 fully saturated rings. The lowest BCUT2D eigenvalue weighted by molar-refractivity contribution is -0.118. The largest absolute Gasteiger partial charge is 0.491 e. The van der Waals surface area contributed by atoms with E-state index < -0.39 is 0 Å². The Balaban J connectivity index is 1.94. The molecule has 0 aliphatic carbocycles. The number of hydrogen-bond acceptors (Lipinski definition) is 5. The van der Waals surface area contributed by atoms with Gasteiger partial charge in [0, 0.05) is 0 Å². The maximum Gasteiger partial charge on any atom is 0.230 e. The first kappa shape index (κ1) is 12.4. The highest BCUT2D eigenvalue weighted by Crippen LogP contribution is 2.31. The molecule has 0 atom stereocenters. The molecule has 0 saturated heterocycles. The van der Waals surface area contributed by atoms with Gasteiger partial charge in [0.05, 0.1) is 43.3 Å². The van der Waals surface area contributed by atoms with E-state index >= 15 is 0 Å². The van der Waals surface area contributed by atoms with Crippen molar-refractivity contribution in [2.24, 2.45) is 0 Å². The third-order valence-corrected chi connectivity index (χ3v) is 3.08. The Labute approximate surface area is 116 Å². The van der Waals surface area contributed by atoms with Gasteiger partial charge in [0.2, 0.25) is 5.91 Å². The SMILES string of the molecule is Nc1cnc(CN2C(=O)CCOc3ccccc32)cn1. The minimum atomic E-state index is 0.00794. The van der Waals surface area contributed by atoms with E-state index in [0.29, 0.717) is 36.8 Å². The Kier molecular flexibility index (Phi) is 3.20. The maximum atomic E-state index is 12.2. The zero-order valence-corrected chi connectivity index (χ0v) is 10.8. The first-order valence-corrected chi connectivity index (χ1v) is 6.32. The molecule has 2 aromatic rings. The van der Waals surface area contributed by atoms with Crippen molar-refractivity contribution in [2.45, 2.75) is 13.0 Å². The number of carbonyl (C=O) groups is 1. The van der Waals surface area contributed by atoms with Gasteiger partial charge in [-0.1, -0.05) is 12.1 Å². The van der Waals surface area contributed by atoms with Crippen LogP contribution in [0.5, 0.6) is 5.75 Å². The smallest absolute Gasteiger partial charge is 0.230 e. The fraction of sp³-hybridized carbons (Fsp3) is 0.214. The molecule has 0 bridgehead atoms. The summed E-state index contributed by atoms with van der Waals surface area (Å²) in [7, 11) is 0. The molecule has 0 radical (unpaired) electrons. The number of nitrogen functional groups attached to an aromatic ring is 1. The Morgan fingerprint density at radius 3 is 2.90 bits per heavy atom. The molecular weight excluding hydrogens is 256 g/mol. The summed E-state index contributed by atoms with van der Waals surface area (Å²) in [5.41, 5.74) is 6.96. The quantitative estimate of drug-likeness (QED) is 0.891. The van der Waals surface area contributed by atoms with E-state index in [1.54, 1.807) is 11.1 Å². The molecule has 20 heavy (non-hydrogen) atoms. The number of carbonyl (C=O) groups excluding carboxylic acids is 1. The van der Waals surface area contributed by atoms with E-state index in [0.717, 1.165) is 5.69 Å². The second-order valence-electron chi connectivity index (χ2n) is 4.48. The van der Waals surface area contributed by atoms with Crippen molar-refractivity contribution in [1.29, 1.82) is 0 Å². The lowest BCUT2D eigenvalue weighted by atomic mass is 10.2. The number of anilines is 2. The van der Waals surface area contributed by atoms with Gasteiger partial charge in [-0.25, -0.2) is 4.98 Å². The normalized spacial score (nSPS) is 14.4. The lowest BCUT2D eigenvalue weighted by Gasteiger charge is -2.21. The van der Waals surface area contributed by atoms with Crippen molar-refractivity contribution >= 4 is 17.4 Å². The van der Waals surface area contributed by atoms with Crippen molar-refractivity contribution in [3.8, 4) is 5.75 Å². The first-order chi connectivity index (χ1) is 9.74. The molecule has 2 heterocycles. The Bertz CT molecular complexity index is 627. The highest BCUT2D eigenvalue weighted by atomic mass is 16.5. The van der Waals surface area contributed by atoms with Gasteiger partial charge in [0.15, 0.2) is 0 Å². The van der Waals surface area contributed by atoms with E-state index in [1.807, 2.05) is 24.3 Å². The zero-order valence-electron chi connectivity index (χ0n) is 10.8. The predicted octanol–water partition coefficient (Wildman–Crippen LogP) is 1.37. The summed E-state index contributed by atoms with van der Waals surface area (Å²) in [6.45, 7) is 0.742. The zero-order chi connectivity index (χ0) is 13.9. The molecule has 0 saturated carbocycles. The number of para-hydroxylation sites is 2. The minimum absolute atomic E-state index is 0.00794. The predicted molar refractivity (Wildman–Crippen MR) is 74.2 cm³/mol. The average molecular weight is 270 g/mol. The van der Waals surface area contributed by atoms with Crippen LogP contribution in [-0.4, -0.2) is 22.5 Å². The molecular formula is C14H14N4O2. The molecule has 6 nitrogen and oxygen atoms in total. The van der Waals surface area contributed by atoms with Gasteiger partial charge in [-0.05, 0) is 12.1 Å². The van der Waals surface area contributed by atoms with Gasteiger partial charge < -0.3 is 15.4 Å². The third kappa shape index (κ3) is 2.40. The molecule has 1 aromatic carbocycles. The molecule has 102 valence electrons. The second kappa shape index (κ2) is 5.16. The highest BCUT2D eigenvalue weighted by Gasteiger charge is 2.23. The topological polar surface area (TPSA) is 81.3 Å². The minimum Gasteiger partial charge on any atom is -0.491 e. The number of benzene rings is 1. The molecule has 1 aromatic heterocycles. The standard InChI is InChI=1S/C14H14N4O2/c15-13-8-16-10(7-17-13)9-18-11-3-1-2-4-12(11)20-6-5-14(18)19/h1-4,7-8H,5-6,9H2,(H2,15,17). The summed E-state index contributed by atoms with van der Waals surface area (Å²) < 4.78 is 5.59. The number of nitrogens with zero attached hydrogens (tertiary/aromatic N) is 3. The second-order valence-corrected chi connectivity index (χ2v) is 4.48. The van der Waals surface area contributed by atoms with Crippen LogP contribution in [0.2, 0.25) is 0 Å². The van der Waals surface area contributed by atoms with Gasteiger partial charge in [0.1, 0.15) is 11.6 Å². The van der Waals surface area contributed by atoms with Crippen molar-refractivity contribution < 1.29 is 9.53 Å². The van der Waals surface area contributed by atoms with E-state index in [4.69, 9.17) is 10.5 Å². The molecule has 0 spiro atoms. The molecule has 6 heteroatoms. The van der Waals surface area contributed by atoms with Gasteiger partial charge in [-0.15, -0.1) is 0 Å². The lowest BCUT2D eigenvalue weighted by Crippen LogP contribution is -2.30. The van der Waals surface area contributed by atoms with E-state index in [1.165, 1.54) is 6.20 Å². The van der Waals surface area contributed by atoms with Crippen LogP contribution in [0.1, 0.15) is 12.1 Å². The third-order valence-electron chi connectivity index (χ3n) is 3.08. The summed E-state index contributed by atoms with van der Waals surface area (Å²) in [5.74, 6) is 1.08. The van der Waals surface area contributed by atoms with E-state index in [-0.39, 0.29) is 5.91 Å². The average Bonchev–Trinajstić information content (AvgIpc) is 2.62. The number of nitrogens with two attached hydrogens (primary N) is 1. The van der Waals surface area contributed by atoms with Gasteiger partial charge in [-0.3, -0.25) is 9.78 Å². The van der Waals surface area contributed by atoms with Crippen LogP contribution in [-0.2, 0) is 11.3 Å². The van der Waals surface area contributed by atoms with Crippen molar-refractivity contribution in [3.63, 3.8) is 0 Å². The van der Waals surface area contributed by atoms with Gasteiger partial charge in [-0.2, -0.15) is 0 Å². The van der Waals surface area contributed by atoms with Crippen LogP contribution in [0.15, 0.2) is 36.7 Å². The number of hydrogen-bond donors (Lipinski definition) is 1. The molecule has 3 rings (SSSR count). The van der Waals surface area contributed by atoms with Crippen LogP contribution in [0.4, 0.5) is 11.5 Å². The number of rotatable bonds is 2. The van der Waals surface area contributed by atoms with Crippen LogP contribution in [0.3, 0.4) is 0 Å². The van der Waals surface area contributed by atoms with Crippen molar-refractivity contribution in [3.05, 3.63) is 42.4 Å². The Morgan fingerprint density at radius 1 is 1.25 bits per heavy atom. The van der Waals surface area contributed by atoms with Crippen LogP contribution >= 0.6 is 0 Å². The maximum absolute atomic E-state index is 12.2. The van der Waals surface area contributed by atoms with Gasteiger partial charge in [0.25, 0.3) is 0 Å². The summed E-state index contributed by atoms with van der Waals surface area (Å²) >= 11 is 0. The molecule has 1 amide bonds. The van der Waals surface area contributed by atoms with Crippen LogP contribution in [0, 0.1) is 0 Å².